The lowest BCUT2D eigenvalue weighted by Crippen LogP contribution is -2.20. The summed E-state index contributed by atoms with van der Waals surface area (Å²) in [7, 11) is 1.86. The normalized spacial score (nSPS) is 12.4. The Balaban J connectivity index is 2.05. The lowest BCUT2D eigenvalue weighted by molar-refractivity contribution is 0.475. The van der Waals surface area contributed by atoms with E-state index in [4.69, 9.17) is 4.74 Å². The predicted molar refractivity (Wildman–Crippen MR) is 74.2 cm³/mol. The molecule has 102 valence electrons. The van der Waals surface area contributed by atoms with Crippen molar-refractivity contribution in [2.45, 2.75) is 26.3 Å². The molecule has 2 heterocycles. The zero-order valence-electron chi connectivity index (χ0n) is 11.6. The molecule has 0 aromatic carbocycles. The third kappa shape index (κ3) is 3.54. The van der Waals surface area contributed by atoms with Crippen LogP contribution in [-0.4, -0.2) is 21.3 Å². The Morgan fingerprint density at radius 1 is 1.26 bits per heavy atom. The summed E-state index contributed by atoms with van der Waals surface area (Å²) in [4.78, 5) is 4.46. The monoisotopic (exact) mass is 260 g/mol. The van der Waals surface area contributed by atoms with Crippen LogP contribution in [0.25, 0.3) is 0 Å². The van der Waals surface area contributed by atoms with E-state index in [1.807, 2.05) is 25.4 Å². The lowest BCUT2D eigenvalue weighted by atomic mass is 10.1. The Hall–Kier alpha value is -1.88. The highest BCUT2D eigenvalue weighted by atomic mass is 16.5. The van der Waals surface area contributed by atoms with Gasteiger partial charge in [-0.25, -0.2) is 0 Å². The van der Waals surface area contributed by atoms with Gasteiger partial charge in [-0.3, -0.25) is 9.67 Å². The minimum absolute atomic E-state index is 0.303. The second kappa shape index (κ2) is 6.33. The SMILES string of the molecule is CCNC(CC)c1ccc(Oc2cnn(C)c2)cn1. The van der Waals surface area contributed by atoms with Gasteiger partial charge in [-0.1, -0.05) is 13.8 Å². The summed E-state index contributed by atoms with van der Waals surface area (Å²) in [6.07, 6.45) is 6.27. The fourth-order valence-corrected chi connectivity index (χ4v) is 1.95. The minimum atomic E-state index is 0.303. The van der Waals surface area contributed by atoms with Gasteiger partial charge in [0.1, 0.15) is 5.75 Å². The Morgan fingerprint density at radius 2 is 2.11 bits per heavy atom. The summed E-state index contributed by atoms with van der Waals surface area (Å²) in [6, 6.07) is 4.25. The van der Waals surface area contributed by atoms with E-state index in [0.717, 1.165) is 30.2 Å². The number of ether oxygens (including phenoxy) is 1. The molecule has 5 heteroatoms. The number of nitrogens with one attached hydrogen (secondary N) is 1. The van der Waals surface area contributed by atoms with Gasteiger partial charge in [0.15, 0.2) is 5.75 Å². The number of aryl methyl sites for hydroxylation is 1. The van der Waals surface area contributed by atoms with Gasteiger partial charge >= 0.3 is 0 Å². The number of rotatable bonds is 6. The number of aromatic nitrogens is 3. The van der Waals surface area contributed by atoms with Crippen LogP contribution in [0.1, 0.15) is 32.0 Å². The van der Waals surface area contributed by atoms with Crippen LogP contribution in [0, 0.1) is 0 Å². The molecule has 1 N–H and O–H groups in total. The van der Waals surface area contributed by atoms with Crippen LogP contribution >= 0.6 is 0 Å². The lowest BCUT2D eigenvalue weighted by Gasteiger charge is -2.15. The fourth-order valence-electron chi connectivity index (χ4n) is 1.95. The van der Waals surface area contributed by atoms with Crippen molar-refractivity contribution in [3.63, 3.8) is 0 Å². The van der Waals surface area contributed by atoms with E-state index in [9.17, 15) is 0 Å². The number of hydrogen-bond acceptors (Lipinski definition) is 4. The maximum atomic E-state index is 5.66. The molecule has 0 radical (unpaired) electrons. The van der Waals surface area contributed by atoms with Crippen molar-refractivity contribution >= 4 is 0 Å². The molecule has 2 aromatic heterocycles. The number of pyridine rings is 1. The average molecular weight is 260 g/mol. The quantitative estimate of drug-likeness (QED) is 0.867. The minimum Gasteiger partial charge on any atom is -0.452 e. The zero-order valence-corrected chi connectivity index (χ0v) is 11.6. The molecule has 0 fully saturated rings. The molecule has 0 saturated carbocycles. The first-order chi connectivity index (χ1) is 9.22. The standard InChI is InChI=1S/C14H20N4O/c1-4-13(15-5-2)14-7-6-11(8-16-14)19-12-9-17-18(3)10-12/h6-10,13,15H,4-5H2,1-3H3. The molecule has 0 aliphatic carbocycles. The maximum Gasteiger partial charge on any atom is 0.165 e. The molecule has 1 atom stereocenters. The maximum absolute atomic E-state index is 5.66. The molecule has 0 aliphatic heterocycles. The summed E-state index contributed by atoms with van der Waals surface area (Å²) in [5.41, 5.74) is 1.04. The highest BCUT2D eigenvalue weighted by Crippen LogP contribution is 2.21. The van der Waals surface area contributed by atoms with Crippen molar-refractivity contribution in [3.05, 3.63) is 36.4 Å². The highest BCUT2D eigenvalue weighted by Gasteiger charge is 2.09. The van der Waals surface area contributed by atoms with Crippen LogP contribution in [0.2, 0.25) is 0 Å². The van der Waals surface area contributed by atoms with E-state index in [2.05, 4.69) is 29.2 Å². The second-order valence-electron chi connectivity index (χ2n) is 4.39. The second-order valence-corrected chi connectivity index (χ2v) is 4.39. The molecule has 1 unspecified atom stereocenters. The largest absolute Gasteiger partial charge is 0.452 e. The van der Waals surface area contributed by atoms with E-state index < -0.39 is 0 Å². The third-order valence-electron chi connectivity index (χ3n) is 2.89. The first kappa shape index (κ1) is 13.5. The van der Waals surface area contributed by atoms with Crippen LogP contribution in [-0.2, 0) is 7.05 Å². The van der Waals surface area contributed by atoms with Crippen LogP contribution in [0.15, 0.2) is 30.7 Å². The Morgan fingerprint density at radius 3 is 2.63 bits per heavy atom. The molecular weight excluding hydrogens is 240 g/mol. The van der Waals surface area contributed by atoms with E-state index in [1.165, 1.54) is 0 Å². The van der Waals surface area contributed by atoms with Crippen molar-refractivity contribution in [1.29, 1.82) is 0 Å². The molecule has 2 rings (SSSR count). The van der Waals surface area contributed by atoms with Gasteiger partial charge in [0.25, 0.3) is 0 Å². The van der Waals surface area contributed by atoms with Crippen molar-refractivity contribution < 1.29 is 4.74 Å². The Labute approximate surface area is 113 Å². The molecule has 5 nitrogen and oxygen atoms in total. The summed E-state index contributed by atoms with van der Waals surface area (Å²) < 4.78 is 7.37. The van der Waals surface area contributed by atoms with Gasteiger partial charge < -0.3 is 10.1 Å². The van der Waals surface area contributed by atoms with Gasteiger partial charge in [-0.2, -0.15) is 5.10 Å². The van der Waals surface area contributed by atoms with Crippen LogP contribution in [0.4, 0.5) is 0 Å². The van der Waals surface area contributed by atoms with Gasteiger partial charge in [-0.15, -0.1) is 0 Å². The van der Waals surface area contributed by atoms with Crippen LogP contribution < -0.4 is 10.1 Å². The molecule has 0 saturated heterocycles. The van der Waals surface area contributed by atoms with Crippen molar-refractivity contribution in [3.8, 4) is 11.5 Å². The predicted octanol–water partition coefficient (Wildman–Crippen LogP) is 2.67. The number of nitrogens with zero attached hydrogens (tertiary/aromatic N) is 3. The highest BCUT2D eigenvalue weighted by molar-refractivity contribution is 5.27. The van der Waals surface area contributed by atoms with Crippen LogP contribution in [0.3, 0.4) is 0 Å². The van der Waals surface area contributed by atoms with Crippen LogP contribution in [0.5, 0.6) is 11.5 Å². The van der Waals surface area contributed by atoms with Gasteiger partial charge in [0.2, 0.25) is 0 Å². The molecule has 19 heavy (non-hydrogen) atoms. The van der Waals surface area contributed by atoms with E-state index >= 15 is 0 Å². The summed E-state index contributed by atoms with van der Waals surface area (Å²) >= 11 is 0. The average Bonchev–Trinajstić information content (AvgIpc) is 2.82. The molecule has 2 aromatic rings. The Bertz CT molecular complexity index is 506. The van der Waals surface area contributed by atoms with Gasteiger partial charge in [0.05, 0.1) is 24.3 Å². The van der Waals surface area contributed by atoms with Crippen molar-refractivity contribution in [2.75, 3.05) is 6.54 Å². The first-order valence-corrected chi connectivity index (χ1v) is 6.58. The third-order valence-corrected chi connectivity index (χ3v) is 2.89. The molecule has 0 spiro atoms. The van der Waals surface area contributed by atoms with Gasteiger partial charge in [-0.05, 0) is 25.1 Å². The fraction of sp³-hybridized carbons (Fsp3) is 0.429. The first-order valence-electron chi connectivity index (χ1n) is 6.58. The molecule has 0 aliphatic rings. The van der Waals surface area contributed by atoms with E-state index in [-0.39, 0.29) is 0 Å². The molecular formula is C14H20N4O. The molecule has 0 bridgehead atoms. The summed E-state index contributed by atoms with van der Waals surface area (Å²) in [6.45, 7) is 5.19. The topological polar surface area (TPSA) is 52.0 Å². The zero-order chi connectivity index (χ0) is 13.7. The van der Waals surface area contributed by atoms with Gasteiger partial charge in [0, 0.05) is 13.1 Å². The van der Waals surface area contributed by atoms with E-state index in [1.54, 1.807) is 17.1 Å². The Kier molecular flexibility index (Phi) is 4.52. The van der Waals surface area contributed by atoms with Crippen molar-refractivity contribution in [1.82, 2.24) is 20.1 Å². The van der Waals surface area contributed by atoms with Crippen molar-refractivity contribution in [2.24, 2.45) is 7.05 Å². The number of hydrogen-bond donors (Lipinski definition) is 1. The summed E-state index contributed by atoms with van der Waals surface area (Å²) in [5, 5.41) is 7.46. The molecule has 0 amide bonds. The smallest absolute Gasteiger partial charge is 0.165 e. The van der Waals surface area contributed by atoms with E-state index in [0.29, 0.717) is 6.04 Å². The summed E-state index contributed by atoms with van der Waals surface area (Å²) in [5.74, 6) is 1.44.